The molecule has 144 valence electrons. The Morgan fingerprint density at radius 1 is 1.27 bits per heavy atom. The molecule has 0 aliphatic rings. The number of halogens is 3. The van der Waals surface area contributed by atoms with E-state index in [0.717, 1.165) is 23.1 Å². The van der Waals surface area contributed by atoms with Crippen LogP contribution in [-0.2, 0) is 0 Å². The average Bonchev–Trinajstić information content (AvgIpc) is 2.89. The Hall–Kier alpha value is -1.71. The fourth-order valence-electron chi connectivity index (χ4n) is 2.88. The normalized spacial score (nSPS) is 13.7. The van der Waals surface area contributed by atoms with Gasteiger partial charge in [-0.25, -0.2) is 8.78 Å². The van der Waals surface area contributed by atoms with Crippen LogP contribution < -0.4 is 10.6 Å². The molecular weight excluding hydrogens is 453 g/mol. The Kier molecular flexibility index (Phi) is 8.45. The molecule has 0 saturated carbocycles. The molecule has 0 fully saturated rings. The standard InChI is InChI=1S/C18H24F2N4O.HI/c1-10(17-12(3)24-25-13(17)4)9-22-18(21-5)23-11(2)15-7-6-14(19)8-16(15)20;/h6-8,10-11H,9H2,1-5H3,(H2,21,22,23);1H. The minimum absolute atomic E-state index is 0. The van der Waals surface area contributed by atoms with Gasteiger partial charge in [0.05, 0.1) is 11.7 Å². The van der Waals surface area contributed by atoms with E-state index in [9.17, 15) is 8.78 Å². The van der Waals surface area contributed by atoms with Crippen molar-refractivity contribution < 1.29 is 13.3 Å². The molecule has 2 aromatic rings. The van der Waals surface area contributed by atoms with Crippen molar-refractivity contribution in [2.45, 2.75) is 39.7 Å². The lowest BCUT2D eigenvalue weighted by molar-refractivity contribution is 0.391. The van der Waals surface area contributed by atoms with Crippen LogP contribution in [-0.4, -0.2) is 24.7 Å². The molecule has 0 amide bonds. The van der Waals surface area contributed by atoms with Gasteiger partial charge in [-0.1, -0.05) is 18.1 Å². The third-order valence-electron chi connectivity index (χ3n) is 4.16. The molecule has 1 aromatic carbocycles. The van der Waals surface area contributed by atoms with Crippen molar-refractivity contribution >= 4 is 29.9 Å². The molecule has 1 heterocycles. The van der Waals surface area contributed by atoms with Crippen molar-refractivity contribution in [3.05, 3.63) is 52.4 Å². The van der Waals surface area contributed by atoms with E-state index in [2.05, 4.69) is 27.7 Å². The lowest BCUT2D eigenvalue weighted by atomic mass is 10.00. The number of aliphatic imine (C=N–C) groups is 1. The molecule has 2 atom stereocenters. The van der Waals surface area contributed by atoms with Gasteiger partial charge in [0.15, 0.2) is 5.96 Å². The molecule has 0 radical (unpaired) electrons. The van der Waals surface area contributed by atoms with E-state index < -0.39 is 11.6 Å². The van der Waals surface area contributed by atoms with Crippen LogP contribution in [0.1, 0.15) is 48.4 Å². The molecule has 0 bridgehead atoms. The molecule has 2 N–H and O–H groups in total. The minimum atomic E-state index is -0.593. The van der Waals surface area contributed by atoms with E-state index in [1.54, 1.807) is 14.0 Å². The van der Waals surface area contributed by atoms with Gasteiger partial charge in [-0.05, 0) is 26.8 Å². The number of aromatic nitrogens is 1. The average molecular weight is 478 g/mol. The van der Waals surface area contributed by atoms with E-state index in [-0.39, 0.29) is 35.9 Å². The molecule has 8 heteroatoms. The van der Waals surface area contributed by atoms with Crippen LogP contribution in [0.15, 0.2) is 27.7 Å². The van der Waals surface area contributed by atoms with E-state index in [1.165, 1.54) is 12.1 Å². The van der Waals surface area contributed by atoms with Crippen LogP contribution in [0.5, 0.6) is 0 Å². The molecule has 0 aliphatic heterocycles. The Labute approximate surface area is 169 Å². The zero-order chi connectivity index (χ0) is 18.6. The van der Waals surface area contributed by atoms with Crippen LogP contribution in [0.2, 0.25) is 0 Å². The van der Waals surface area contributed by atoms with Crippen LogP contribution in [0, 0.1) is 25.5 Å². The second-order valence-corrected chi connectivity index (χ2v) is 6.12. The molecule has 2 unspecified atom stereocenters. The maximum atomic E-state index is 13.9. The van der Waals surface area contributed by atoms with Gasteiger partial charge in [-0.3, -0.25) is 4.99 Å². The quantitative estimate of drug-likeness (QED) is 0.384. The van der Waals surface area contributed by atoms with Gasteiger partial charge in [0, 0.05) is 36.7 Å². The molecular formula is C18H25F2IN4O. The summed E-state index contributed by atoms with van der Waals surface area (Å²) in [5, 5.41) is 10.3. The zero-order valence-corrected chi connectivity index (χ0v) is 17.9. The summed E-state index contributed by atoms with van der Waals surface area (Å²) in [5.41, 5.74) is 2.32. The predicted molar refractivity (Wildman–Crippen MR) is 109 cm³/mol. The highest BCUT2D eigenvalue weighted by Gasteiger charge is 2.18. The monoisotopic (exact) mass is 478 g/mol. The molecule has 0 aliphatic carbocycles. The van der Waals surface area contributed by atoms with Gasteiger partial charge < -0.3 is 15.2 Å². The first-order valence-electron chi connectivity index (χ1n) is 8.18. The number of nitrogens with zero attached hydrogens (tertiary/aromatic N) is 2. The second kappa shape index (κ2) is 9.84. The topological polar surface area (TPSA) is 62.5 Å². The third kappa shape index (κ3) is 5.39. The maximum absolute atomic E-state index is 13.9. The van der Waals surface area contributed by atoms with Gasteiger partial charge >= 0.3 is 0 Å². The van der Waals surface area contributed by atoms with Gasteiger partial charge in [0.2, 0.25) is 0 Å². The second-order valence-electron chi connectivity index (χ2n) is 6.12. The van der Waals surface area contributed by atoms with E-state index in [4.69, 9.17) is 4.52 Å². The molecule has 2 rings (SSSR count). The van der Waals surface area contributed by atoms with E-state index >= 15 is 0 Å². The van der Waals surface area contributed by atoms with Crippen molar-refractivity contribution in [2.24, 2.45) is 4.99 Å². The van der Waals surface area contributed by atoms with Crippen molar-refractivity contribution in [1.29, 1.82) is 0 Å². The molecule has 0 spiro atoms. The Morgan fingerprint density at radius 2 is 1.96 bits per heavy atom. The highest BCUT2D eigenvalue weighted by molar-refractivity contribution is 14.0. The highest BCUT2D eigenvalue weighted by atomic mass is 127. The maximum Gasteiger partial charge on any atom is 0.191 e. The largest absolute Gasteiger partial charge is 0.361 e. The summed E-state index contributed by atoms with van der Waals surface area (Å²) in [6, 6.07) is 3.19. The smallest absolute Gasteiger partial charge is 0.191 e. The van der Waals surface area contributed by atoms with Crippen LogP contribution in [0.3, 0.4) is 0 Å². The number of rotatable bonds is 5. The summed E-state index contributed by atoms with van der Waals surface area (Å²) in [6.45, 7) is 8.27. The fourth-order valence-corrected chi connectivity index (χ4v) is 2.88. The van der Waals surface area contributed by atoms with Gasteiger partial charge in [0.1, 0.15) is 17.4 Å². The summed E-state index contributed by atoms with van der Waals surface area (Å²) in [5.74, 6) is 0.331. The van der Waals surface area contributed by atoms with Gasteiger partial charge in [-0.15, -0.1) is 24.0 Å². The summed E-state index contributed by atoms with van der Waals surface area (Å²) in [6.07, 6.45) is 0. The third-order valence-corrected chi connectivity index (χ3v) is 4.16. The minimum Gasteiger partial charge on any atom is -0.361 e. The van der Waals surface area contributed by atoms with Gasteiger partial charge in [-0.2, -0.15) is 0 Å². The molecule has 5 nitrogen and oxygen atoms in total. The first-order valence-corrected chi connectivity index (χ1v) is 8.18. The van der Waals surface area contributed by atoms with Crippen LogP contribution in [0.4, 0.5) is 8.78 Å². The summed E-state index contributed by atoms with van der Waals surface area (Å²) < 4.78 is 32.1. The van der Waals surface area contributed by atoms with Crippen LogP contribution >= 0.6 is 24.0 Å². The van der Waals surface area contributed by atoms with Crippen molar-refractivity contribution in [3.8, 4) is 0 Å². The Bertz CT molecular complexity index is 744. The fraction of sp³-hybridized carbons (Fsp3) is 0.444. The van der Waals surface area contributed by atoms with Crippen molar-refractivity contribution in [2.75, 3.05) is 13.6 Å². The SMILES string of the molecule is CN=C(NCC(C)c1c(C)noc1C)NC(C)c1ccc(F)cc1F.I. The van der Waals surface area contributed by atoms with E-state index in [0.29, 0.717) is 18.1 Å². The van der Waals surface area contributed by atoms with Crippen molar-refractivity contribution in [3.63, 3.8) is 0 Å². The first-order chi connectivity index (χ1) is 11.8. The summed E-state index contributed by atoms with van der Waals surface area (Å²) in [7, 11) is 1.64. The molecule has 1 aromatic heterocycles. The highest BCUT2D eigenvalue weighted by Crippen LogP contribution is 2.22. The summed E-state index contributed by atoms with van der Waals surface area (Å²) in [4.78, 5) is 4.16. The number of nitrogens with one attached hydrogen (secondary N) is 2. The number of hydrogen-bond acceptors (Lipinski definition) is 3. The lowest BCUT2D eigenvalue weighted by Crippen LogP contribution is -2.40. The van der Waals surface area contributed by atoms with Gasteiger partial charge in [0.25, 0.3) is 0 Å². The predicted octanol–water partition coefficient (Wildman–Crippen LogP) is 4.22. The number of benzene rings is 1. The molecule has 26 heavy (non-hydrogen) atoms. The first kappa shape index (κ1) is 22.3. The molecule has 0 saturated heterocycles. The number of guanidine groups is 1. The van der Waals surface area contributed by atoms with Crippen LogP contribution in [0.25, 0.3) is 0 Å². The Balaban J connectivity index is 0.00000338. The number of aryl methyl sites for hydroxylation is 2. The Morgan fingerprint density at radius 3 is 2.50 bits per heavy atom. The summed E-state index contributed by atoms with van der Waals surface area (Å²) >= 11 is 0. The zero-order valence-electron chi connectivity index (χ0n) is 15.6. The van der Waals surface area contributed by atoms with E-state index in [1.807, 2.05) is 13.8 Å². The number of hydrogen-bond donors (Lipinski definition) is 2. The van der Waals surface area contributed by atoms with Crippen molar-refractivity contribution in [1.82, 2.24) is 15.8 Å². The lowest BCUT2D eigenvalue weighted by Gasteiger charge is -2.20.